The van der Waals surface area contributed by atoms with Gasteiger partial charge in [-0.05, 0) is 47.5 Å². The molecule has 0 unspecified atom stereocenters. The SMILES string of the molecule is C=CCN(C(=O)OCc1ccccc1)c1cc(CO[Si](C)(C)C(C)(C)C)cc(C(=O)OC)c1. The van der Waals surface area contributed by atoms with Crippen molar-refractivity contribution in [1.82, 2.24) is 0 Å². The van der Waals surface area contributed by atoms with E-state index in [1.807, 2.05) is 36.4 Å². The topological polar surface area (TPSA) is 65.1 Å². The van der Waals surface area contributed by atoms with Crippen LogP contribution in [0.1, 0.15) is 42.3 Å². The molecule has 0 fully saturated rings. The van der Waals surface area contributed by atoms with Crippen LogP contribution in [0.2, 0.25) is 18.1 Å². The number of amides is 1. The highest BCUT2D eigenvalue weighted by atomic mass is 28.4. The van der Waals surface area contributed by atoms with Crippen LogP contribution in [0.3, 0.4) is 0 Å². The van der Waals surface area contributed by atoms with Crippen LogP contribution in [-0.2, 0) is 27.1 Å². The molecule has 0 aliphatic carbocycles. The third kappa shape index (κ3) is 7.30. The lowest BCUT2D eigenvalue weighted by molar-refractivity contribution is 0.0600. The summed E-state index contributed by atoms with van der Waals surface area (Å²) in [5.74, 6) is -0.485. The lowest BCUT2D eigenvalue weighted by Gasteiger charge is -2.36. The lowest BCUT2D eigenvalue weighted by atomic mass is 10.1. The van der Waals surface area contributed by atoms with Gasteiger partial charge in [0, 0.05) is 12.2 Å². The van der Waals surface area contributed by atoms with Crippen LogP contribution in [0.25, 0.3) is 0 Å². The summed E-state index contributed by atoms with van der Waals surface area (Å²) in [7, 11) is -0.680. The number of carbonyl (C=O) groups excluding carboxylic acids is 2. The van der Waals surface area contributed by atoms with Gasteiger partial charge in [-0.25, -0.2) is 9.59 Å². The van der Waals surface area contributed by atoms with Gasteiger partial charge in [-0.15, -0.1) is 6.58 Å². The average molecular weight is 470 g/mol. The molecular formula is C26H35NO5Si. The van der Waals surface area contributed by atoms with E-state index in [2.05, 4.69) is 40.4 Å². The molecule has 1 amide bonds. The predicted octanol–water partition coefficient (Wildman–Crippen LogP) is 6.32. The van der Waals surface area contributed by atoms with Gasteiger partial charge in [0.2, 0.25) is 0 Å². The molecule has 0 saturated heterocycles. The summed E-state index contributed by atoms with van der Waals surface area (Å²) in [5, 5.41) is 0.0475. The first-order valence-corrected chi connectivity index (χ1v) is 13.8. The van der Waals surface area contributed by atoms with E-state index in [0.717, 1.165) is 11.1 Å². The summed E-state index contributed by atoms with van der Waals surface area (Å²) < 4.78 is 16.8. The second kappa shape index (κ2) is 11.3. The first-order valence-electron chi connectivity index (χ1n) is 10.9. The van der Waals surface area contributed by atoms with Crippen LogP contribution >= 0.6 is 0 Å². The van der Waals surface area contributed by atoms with Crippen molar-refractivity contribution in [3.05, 3.63) is 77.9 Å². The minimum atomic E-state index is -2.01. The standard InChI is InChI=1S/C26H35NO5Si/c1-8-14-27(25(29)31-18-20-12-10-9-11-13-20)23-16-21(15-22(17-23)24(28)30-5)19-32-33(6,7)26(2,3)4/h8-13,15-17H,1,14,18-19H2,2-7H3. The number of hydrogen-bond donors (Lipinski definition) is 0. The third-order valence-corrected chi connectivity index (χ3v) is 10.3. The smallest absolute Gasteiger partial charge is 0.414 e. The molecule has 0 atom stereocenters. The molecule has 2 aromatic carbocycles. The van der Waals surface area contributed by atoms with Crippen molar-refractivity contribution in [2.24, 2.45) is 0 Å². The van der Waals surface area contributed by atoms with E-state index in [-0.39, 0.29) is 18.2 Å². The minimum absolute atomic E-state index is 0.0475. The molecule has 2 rings (SSSR count). The summed E-state index contributed by atoms with van der Waals surface area (Å²) in [4.78, 5) is 26.7. The number of hydrogen-bond acceptors (Lipinski definition) is 5. The number of rotatable bonds is 9. The largest absolute Gasteiger partial charge is 0.465 e. The normalized spacial score (nSPS) is 11.6. The molecule has 0 radical (unpaired) electrons. The van der Waals surface area contributed by atoms with Gasteiger partial charge >= 0.3 is 12.1 Å². The van der Waals surface area contributed by atoms with Crippen molar-refractivity contribution in [1.29, 1.82) is 0 Å². The quantitative estimate of drug-likeness (QED) is 0.244. The van der Waals surface area contributed by atoms with Crippen molar-refractivity contribution < 1.29 is 23.5 Å². The summed E-state index contributed by atoms with van der Waals surface area (Å²) in [6.07, 6.45) is 1.08. The van der Waals surface area contributed by atoms with Crippen molar-refractivity contribution in [2.75, 3.05) is 18.6 Å². The summed E-state index contributed by atoms with van der Waals surface area (Å²) in [6.45, 7) is 15.3. The fourth-order valence-corrected chi connectivity index (χ4v) is 3.80. The lowest BCUT2D eigenvalue weighted by Crippen LogP contribution is -2.40. The maximum absolute atomic E-state index is 12.9. The fraction of sp³-hybridized carbons (Fsp3) is 0.385. The number of carbonyl (C=O) groups is 2. The van der Waals surface area contributed by atoms with Crippen molar-refractivity contribution in [3.8, 4) is 0 Å². The first-order chi connectivity index (χ1) is 15.5. The van der Waals surface area contributed by atoms with Gasteiger partial charge in [0.15, 0.2) is 8.32 Å². The number of anilines is 1. The highest BCUT2D eigenvalue weighted by Gasteiger charge is 2.37. The highest BCUT2D eigenvalue weighted by molar-refractivity contribution is 6.74. The maximum Gasteiger partial charge on any atom is 0.414 e. The molecule has 0 heterocycles. The molecule has 0 N–H and O–H groups in total. The van der Waals surface area contributed by atoms with E-state index in [0.29, 0.717) is 17.9 Å². The molecule has 178 valence electrons. The number of benzene rings is 2. The Morgan fingerprint density at radius 2 is 1.70 bits per heavy atom. The zero-order chi connectivity index (χ0) is 24.6. The second-order valence-corrected chi connectivity index (χ2v) is 14.2. The molecule has 0 saturated carbocycles. The van der Waals surface area contributed by atoms with Gasteiger partial charge in [0.25, 0.3) is 0 Å². The van der Waals surface area contributed by atoms with E-state index in [1.165, 1.54) is 12.0 Å². The molecule has 0 aliphatic rings. The van der Waals surface area contributed by atoms with Gasteiger partial charge in [0.1, 0.15) is 6.61 Å². The molecule has 0 spiro atoms. The summed E-state index contributed by atoms with van der Waals surface area (Å²) in [6, 6.07) is 14.7. The van der Waals surface area contributed by atoms with E-state index in [1.54, 1.807) is 18.2 Å². The molecule has 33 heavy (non-hydrogen) atoms. The van der Waals surface area contributed by atoms with E-state index >= 15 is 0 Å². The second-order valence-electron chi connectivity index (χ2n) is 9.37. The molecule has 0 aliphatic heterocycles. The molecule has 7 heteroatoms. The van der Waals surface area contributed by atoms with Gasteiger partial charge in [-0.3, -0.25) is 4.90 Å². The van der Waals surface area contributed by atoms with Crippen LogP contribution in [0, 0.1) is 0 Å². The zero-order valence-corrected chi connectivity index (χ0v) is 21.5. The van der Waals surface area contributed by atoms with Gasteiger partial charge < -0.3 is 13.9 Å². The monoisotopic (exact) mass is 469 g/mol. The molecule has 0 aromatic heterocycles. The Bertz CT molecular complexity index is 966. The van der Waals surface area contributed by atoms with E-state index in [4.69, 9.17) is 13.9 Å². The van der Waals surface area contributed by atoms with Gasteiger partial charge in [-0.2, -0.15) is 0 Å². The first kappa shape index (κ1) is 26.4. The van der Waals surface area contributed by atoms with Crippen LogP contribution in [0.15, 0.2) is 61.2 Å². The van der Waals surface area contributed by atoms with Crippen LogP contribution < -0.4 is 4.90 Å². The number of methoxy groups -OCH3 is 1. The Balaban J connectivity index is 2.33. The summed E-state index contributed by atoms with van der Waals surface area (Å²) >= 11 is 0. The fourth-order valence-electron chi connectivity index (χ4n) is 2.84. The minimum Gasteiger partial charge on any atom is -0.465 e. The Hall–Kier alpha value is -2.90. The number of ether oxygens (including phenoxy) is 2. The van der Waals surface area contributed by atoms with Gasteiger partial charge in [-0.1, -0.05) is 57.2 Å². The Morgan fingerprint density at radius 1 is 1.03 bits per heavy atom. The third-order valence-electron chi connectivity index (χ3n) is 5.85. The van der Waals surface area contributed by atoms with Crippen LogP contribution in [-0.4, -0.2) is 34.0 Å². The maximum atomic E-state index is 12.9. The Morgan fingerprint density at radius 3 is 2.27 bits per heavy atom. The van der Waals surface area contributed by atoms with Crippen molar-refractivity contribution in [2.45, 2.75) is 52.1 Å². The van der Waals surface area contributed by atoms with E-state index < -0.39 is 20.4 Å². The molecule has 6 nitrogen and oxygen atoms in total. The molecule has 0 bridgehead atoms. The Kier molecular flexibility index (Phi) is 9.02. The highest BCUT2D eigenvalue weighted by Crippen LogP contribution is 2.37. The average Bonchev–Trinajstić information content (AvgIpc) is 2.78. The van der Waals surface area contributed by atoms with Crippen LogP contribution in [0.5, 0.6) is 0 Å². The number of esters is 1. The molecular weight excluding hydrogens is 434 g/mol. The van der Waals surface area contributed by atoms with Crippen molar-refractivity contribution in [3.63, 3.8) is 0 Å². The molecule has 2 aromatic rings. The van der Waals surface area contributed by atoms with Crippen molar-refractivity contribution >= 4 is 26.1 Å². The summed E-state index contributed by atoms with van der Waals surface area (Å²) in [5.41, 5.74) is 2.53. The predicted molar refractivity (Wildman–Crippen MR) is 134 cm³/mol. The number of nitrogens with zero attached hydrogens (tertiary/aromatic N) is 1. The zero-order valence-electron chi connectivity index (χ0n) is 20.5. The van der Waals surface area contributed by atoms with E-state index in [9.17, 15) is 9.59 Å². The van der Waals surface area contributed by atoms with Gasteiger partial charge in [0.05, 0.1) is 19.3 Å². The van der Waals surface area contributed by atoms with Crippen LogP contribution in [0.4, 0.5) is 10.5 Å². The Labute approximate surface area is 198 Å².